The van der Waals surface area contributed by atoms with Gasteiger partial charge < -0.3 is 15.0 Å². The van der Waals surface area contributed by atoms with E-state index in [1.165, 1.54) is 0 Å². The van der Waals surface area contributed by atoms with Gasteiger partial charge in [0.15, 0.2) is 0 Å². The molecule has 1 atom stereocenters. The lowest BCUT2D eigenvalue weighted by Crippen LogP contribution is -2.41. The molecule has 0 aliphatic carbocycles. The highest BCUT2D eigenvalue weighted by molar-refractivity contribution is 5.98. The number of hydrogen-bond donors (Lipinski definition) is 2. The SMILES string of the molecule is Cc1cc(C(=O)NC(CC(C)C)C(=O)O)c(C)n1-c1ccccn1. The number of aliphatic carboxylic acids is 1. The zero-order valence-electron chi connectivity index (χ0n) is 14.4. The highest BCUT2D eigenvalue weighted by Crippen LogP contribution is 2.19. The average Bonchev–Trinajstić information content (AvgIpc) is 2.81. The van der Waals surface area contributed by atoms with E-state index in [9.17, 15) is 14.7 Å². The number of hydrogen-bond acceptors (Lipinski definition) is 3. The van der Waals surface area contributed by atoms with Gasteiger partial charge in [0.2, 0.25) is 0 Å². The predicted octanol–water partition coefficient (Wildman–Crippen LogP) is 2.72. The Morgan fingerprint density at radius 3 is 2.54 bits per heavy atom. The lowest BCUT2D eigenvalue weighted by Gasteiger charge is -2.16. The smallest absolute Gasteiger partial charge is 0.326 e. The Morgan fingerprint density at radius 2 is 2.00 bits per heavy atom. The van der Waals surface area contributed by atoms with Crippen LogP contribution in [0.15, 0.2) is 30.5 Å². The lowest BCUT2D eigenvalue weighted by molar-refractivity contribution is -0.139. The second-order valence-corrected chi connectivity index (χ2v) is 6.30. The first-order valence-corrected chi connectivity index (χ1v) is 7.95. The van der Waals surface area contributed by atoms with Crippen LogP contribution < -0.4 is 5.32 Å². The molecular formula is C18H23N3O3. The van der Waals surface area contributed by atoms with E-state index in [0.717, 1.165) is 17.2 Å². The molecule has 0 fully saturated rings. The number of carboxylic acid groups (broad SMARTS) is 1. The summed E-state index contributed by atoms with van der Waals surface area (Å²) in [4.78, 5) is 28.2. The Morgan fingerprint density at radius 1 is 1.29 bits per heavy atom. The molecule has 1 unspecified atom stereocenters. The number of aryl methyl sites for hydroxylation is 1. The van der Waals surface area contributed by atoms with Gasteiger partial charge in [-0.3, -0.25) is 4.79 Å². The third-order valence-electron chi connectivity index (χ3n) is 3.86. The first-order valence-electron chi connectivity index (χ1n) is 7.95. The minimum atomic E-state index is -1.02. The first kappa shape index (κ1) is 17.7. The molecule has 6 heteroatoms. The maximum atomic E-state index is 12.6. The Bertz CT molecular complexity index is 735. The van der Waals surface area contributed by atoms with Crippen molar-refractivity contribution in [1.82, 2.24) is 14.9 Å². The molecule has 0 bridgehead atoms. The maximum absolute atomic E-state index is 12.6. The van der Waals surface area contributed by atoms with Crippen molar-refractivity contribution in [3.63, 3.8) is 0 Å². The summed E-state index contributed by atoms with van der Waals surface area (Å²) in [5.41, 5.74) is 2.07. The molecule has 2 aromatic rings. The molecule has 2 heterocycles. The number of rotatable bonds is 6. The van der Waals surface area contributed by atoms with Gasteiger partial charge in [-0.05, 0) is 44.4 Å². The number of nitrogens with zero attached hydrogens (tertiary/aromatic N) is 2. The minimum Gasteiger partial charge on any atom is -0.480 e. The van der Waals surface area contributed by atoms with Gasteiger partial charge in [0.25, 0.3) is 5.91 Å². The van der Waals surface area contributed by atoms with Crippen LogP contribution in [0, 0.1) is 19.8 Å². The molecule has 0 spiro atoms. The van der Waals surface area contributed by atoms with E-state index in [-0.39, 0.29) is 11.8 Å². The van der Waals surface area contributed by atoms with E-state index < -0.39 is 12.0 Å². The van der Waals surface area contributed by atoms with E-state index in [2.05, 4.69) is 10.3 Å². The Hall–Kier alpha value is -2.63. The topological polar surface area (TPSA) is 84.2 Å². The summed E-state index contributed by atoms with van der Waals surface area (Å²) in [5, 5.41) is 11.9. The molecule has 128 valence electrons. The number of carbonyl (C=O) groups excluding carboxylic acids is 1. The molecule has 0 radical (unpaired) electrons. The first-order chi connectivity index (χ1) is 11.3. The van der Waals surface area contributed by atoms with E-state index in [4.69, 9.17) is 0 Å². The summed E-state index contributed by atoms with van der Waals surface area (Å²) < 4.78 is 1.88. The van der Waals surface area contributed by atoms with Crippen LogP contribution in [0.1, 0.15) is 42.0 Å². The largest absolute Gasteiger partial charge is 0.480 e. The fourth-order valence-corrected chi connectivity index (χ4v) is 2.76. The van der Waals surface area contributed by atoms with Crippen molar-refractivity contribution in [3.8, 4) is 5.82 Å². The number of nitrogens with one attached hydrogen (secondary N) is 1. The summed E-state index contributed by atoms with van der Waals surface area (Å²) in [6.45, 7) is 7.57. The van der Waals surface area contributed by atoms with Crippen LogP contribution in [0.4, 0.5) is 0 Å². The third kappa shape index (κ3) is 3.82. The number of carboxylic acids is 1. The summed E-state index contributed by atoms with van der Waals surface area (Å²) in [7, 11) is 0. The highest BCUT2D eigenvalue weighted by atomic mass is 16.4. The number of pyridine rings is 1. The molecule has 0 saturated heterocycles. The molecule has 24 heavy (non-hydrogen) atoms. The third-order valence-corrected chi connectivity index (χ3v) is 3.86. The number of carbonyl (C=O) groups is 2. The predicted molar refractivity (Wildman–Crippen MR) is 91.4 cm³/mol. The van der Waals surface area contributed by atoms with E-state index in [0.29, 0.717) is 12.0 Å². The van der Waals surface area contributed by atoms with Gasteiger partial charge in [-0.2, -0.15) is 0 Å². The Labute approximate surface area is 141 Å². The zero-order chi connectivity index (χ0) is 17.9. The molecule has 2 aromatic heterocycles. The van der Waals surface area contributed by atoms with Crippen LogP contribution in [0.25, 0.3) is 5.82 Å². The van der Waals surface area contributed by atoms with Crippen LogP contribution in [-0.2, 0) is 4.79 Å². The van der Waals surface area contributed by atoms with Crippen LogP contribution in [0.2, 0.25) is 0 Å². The van der Waals surface area contributed by atoms with Gasteiger partial charge in [0, 0.05) is 17.6 Å². The standard InChI is InChI=1S/C18H23N3O3/c1-11(2)9-15(18(23)24)20-17(22)14-10-12(3)21(13(14)4)16-7-5-6-8-19-16/h5-8,10-11,15H,9H2,1-4H3,(H,20,22)(H,23,24). The molecule has 0 saturated carbocycles. The summed E-state index contributed by atoms with van der Waals surface area (Å²) in [5.74, 6) is -0.496. The van der Waals surface area contributed by atoms with Crippen molar-refractivity contribution < 1.29 is 14.7 Å². The molecule has 0 aliphatic heterocycles. The molecule has 2 rings (SSSR count). The zero-order valence-corrected chi connectivity index (χ0v) is 14.4. The van der Waals surface area contributed by atoms with Crippen LogP contribution in [0.3, 0.4) is 0 Å². The molecule has 2 N–H and O–H groups in total. The quantitative estimate of drug-likeness (QED) is 0.853. The van der Waals surface area contributed by atoms with Crippen molar-refractivity contribution in [2.45, 2.75) is 40.2 Å². The van der Waals surface area contributed by atoms with Gasteiger partial charge in [-0.25, -0.2) is 9.78 Å². The number of amides is 1. The fraction of sp³-hybridized carbons (Fsp3) is 0.389. The van der Waals surface area contributed by atoms with Gasteiger partial charge >= 0.3 is 5.97 Å². The van der Waals surface area contributed by atoms with Gasteiger partial charge in [-0.1, -0.05) is 19.9 Å². The molecule has 6 nitrogen and oxygen atoms in total. The van der Waals surface area contributed by atoms with E-state index in [1.807, 2.05) is 50.5 Å². The van der Waals surface area contributed by atoms with Crippen molar-refractivity contribution in [2.75, 3.05) is 0 Å². The van der Waals surface area contributed by atoms with Crippen LogP contribution in [0.5, 0.6) is 0 Å². The lowest BCUT2D eigenvalue weighted by atomic mass is 10.0. The van der Waals surface area contributed by atoms with Gasteiger partial charge in [0.1, 0.15) is 11.9 Å². The molecule has 0 aromatic carbocycles. The van der Waals surface area contributed by atoms with Crippen molar-refractivity contribution in [1.29, 1.82) is 0 Å². The summed E-state index contributed by atoms with van der Waals surface area (Å²) in [6.07, 6.45) is 2.08. The second-order valence-electron chi connectivity index (χ2n) is 6.30. The molecule has 1 amide bonds. The van der Waals surface area contributed by atoms with Crippen molar-refractivity contribution in [3.05, 3.63) is 47.4 Å². The van der Waals surface area contributed by atoms with Crippen molar-refractivity contribution >= 4 is 11.9 Å². The van der Waals surface area contributed by atoms with Gasteiger partial charge in [0.05, 0.1) is 5.56 Å². The Balaban J connectivity index is 2.29. The maximum Gasteiger partial charge on any atom is 0.326 e. The summed E-state index contributed by atoms with van der Waals surface area (Å²) >= 11 is 0. The van der Waals surface area contributed by atoms with Crippen LogP contribution >= 0.6 is 0 Å². The number of aromatic nitrogens is 2. The minimum absolute atomic E-state index is 0.173. The van der Waals surface area contributed by atoms with Crippen LogP contribution in [-0.4, -0.2) is 32.6 Å². The fourth-order valence-electron chi connectivity index (χ4n) is 2.76. The van der Waals surface area contributed by atoms with Crippen molar-refractivity contribution in [2.24, 2.45) is 5.92 Å². The second kappa shape index (κ2) is 7.29. The average molecular weight is 329 g/mol. The van der Waals surface area contributed by atoms with Gasteiger partial charge in [-0.15, -0.1) is 0 Å². The van der Waals surface area contributed by atoms with E-state index in [1.54, 1.807) is 12.3 Å². The normalized spacial score (nSPS) is 12.2. The van der Waals surface area contributed by atoms with E-state index >= 15 is 0 Å². The monoisotopic (exact) mass is 329 g/mol. The molecule has 0 aliphatic rings. The molecular weight excluding hydrogens is 306 g/mol. The summed E-state index contributed by atoms with van der Waals surface area (Å²) in [6, 6.07) is 6.43. The Kier molecular flexibility index (Phi) is 5.39. The highest BCUT2D eigenvalue weighted by Gasteiger charge is 2.24.